The largest absolute Gasteiger partial charge is 0.389 e. The molecule has 29 heavy (non-hydrogen) atoms. The second kappa shape index (κ2) is 10.4. The van der Waals surface area contributed by atoms with E-state index in [1.54, 1.807) is 6.21 Å². The Bertz CT molecular complexity index is 932. The third-order valence-corrected chi connectivity index (χ3v) is 4.50. The van der Waals surface area contributed by atoms with Crippen LogP contribution in [0.25, 0.3) is 11.3 Å². The molecule has 0 saturated heterocycles. The number of rotatable bonds is 8. The van der Waals surface area contributed by atoms with E-state index in [0.717, 1.165) is 11.1 Å². The predicted octanol–water partition coefficient (Wildman–Crippen LogP) is 5.36. The Hall–Kier alpha value is -2.35. The van der Waals surface area contributed by atoms with Gasteiger partial charge in [-0.2, -0.15) is 13.2 Å². The van der Waals surface area contributed by atoms with Crippen LogP contribution in [0.15, 0.2) is 51.2 Å². The van der Waals surface area contributed by atoms with Crippen molar-refractivity contribution in [2.24, 2.45) is 4.99 Å². The molecule has 1 heterocycles. The maximum atomic E-state index is 12.8. The van der Waals surface area contributed by atoms with Gasteiger partial charge in [0, 0.05) is 30.7 Å². The van der Waals surface area contributed by atoms with Gasteiger partial charge in [-0.25, -0.2) is 4.98 Å². The number of alkyl halides is 3. The summed E-state index contributed by atoms with van der Waals surface area (Å²) in [6.45, 7) is 3.97. The number of hydrogen-bond acceptors (Lipinski definition) is 4. The van der Waals surface area contributed by atoms with Gasteiger partial charge in [-0.1, -0.05) is 36.8 Å². The molecular weight excluding hydrogens is 399 g/mol. The van der Waals surface area contributed by atoms with Crippen molar-refractivity contribution >= 4 is 18.8 Å². The second-order valence-electron chi connectivity index (χ2n) is 6.66. The minimum Gasteiger partial charge on any atom is -0.291 e. The number of halogens is 3. The van der Waals surface area contributed by atoms with E-state index in [-0.39, 0.29) is 24.9 Å². The minimum atomic E-state index is -4.25. The van der Waals surface area contributed by atoms with Crippen molar-refractivity contribution in [1.82, 2.24) is 9.55 Å². The quantitative estimate of drug-likeness (QED) is 0.459. The van der Waals surface area contributed by atoms with Crippen molar-refractivity contribution in [2.75, 3.05) is 0 Å². The van der Waals surface area contributed by atoms with Gasteiger partial charge in [-0.15, -0.1) is 12.6 Å². The average Bonchev–Trinajstić information content (AvgIpc) is 2.66. The first kappa shape index (κ1) is 22.9. The first-order valence-corrected chi connectivity index (χ1v) is 9.85. The van der Waals surface area contributed by atoms with E-state index in [0.29, 0.717) is 23.6 Å². The van der Waals surface area contributed by atoms with E-state index in [2.05, 4.69) is 22.6 Å². The van der Waals surface area contributed by atoms with Gasteiger partial charge in [0.25, 0.3) is 5.56 Å². The third kappa shape index (κ3) is 7.20. The maximum absolute atomic E-state index is 12.8. The Balaban J connectivity index is 2.43. The van der Waals surface area contributed by atoms with Crippen LogP contribution in [-0.2, 0) is 13.0 Å². The molecule has 0 spiro atoms. The number of thiol groups is 1. The van der Waals surface area contributed by atoms with Gasteiger partial charge in [0.2, 0.25) is 0 Å². The molecule has 0 N–H and O–H groups in total. The normalized spacial score (nSPS) is 12.7. The smallest absolute Gasteiger partial charge is 0.291 e. The Morgan fingerprint density at radius 3 is 2.55 bits per heavy atom. The molecule has 0 radical (unpaired) electrons. The lowest BCUT2D eigenvalue weighted by Gasteiger charge is -2.14. The molecule has 156 valence electrons. The first-order valence-electron chi connectivity index (χ1n) is 9.34. The van der Waals surface area contributed by atoms with Gasteiger partial charge in [0.15, 0.2) is 0 Å². The van der Waals surface area contributed by atoms with Crippen LogP contribution >= 0.6 is 12.6 Å². The molecule has 0 saturated carbocycles. The summed E-state index contributed by atoms with van der Waals surface area (Å²) in [5.74, 6) is 0.303. The number of hydrogen-bond donors (Lipinski definition) is 1. The molecule has 0 aliphatic heterocycles. The van der Waals surface area contributed by atoms with Crippen molar-refractivity contribution in [3.8, 4) is 11.3 Å². The standard InChI is InChI=1S/C21H24F3N3OS/c1-3-11-25-17(14-29)13-27-19(5-4-10-21(22,23)24)26-18(12-20(27)28)16-8-6-15(2)7-9-16/h6-9,11-12,14,29H,3-5,10,13H2,1-2H3/b17-14-,25-11?. The average molecular weight is 424 g/mol. The summed E-state index contributed by atoms with van der Waals surface area (Å²) in [7, 11) is 0. The number of aryl methyl sites for hydroxylation is 2. The van der Waals surface area contributed by atoms with Crippen molar-refractivity contribution in [2.45, 2.75) is 52.3 Å². The highest BCUT2D eigenvalue weighted by Crippen LogP contribution is 2.23. The van der Waals surface area contributed by atoms with E-state index in [1.807, 2.05) is 38.1 Å². The molecule has 2 rings (SSSR count). The van der Waals surface area contributed by atoms with Crippen LogP contribution in [0.5, 0.6) is 0 Å². The van der Waals surface area contributed by atoms with E-state index in [9.17, 15) is 18.0 Å². The van der Waals surface area contributed by atoms with Crippen molar-refractivity contribution in [1.29, 1.82) is 0 Å². The molecule has 1 aromatic carbocycles. The van der Waals surface area contributed by atoms with E-state index < -0.39 is 12.6 Å². The zero-order chi connectivity index (χ0) is 21.4. The second-order valence-corrected chi connectivity index (χ2v) is 6.92. The summed E-state index contributed by atoms with van der Waals surface area (Å²) in [5, 5.41) is 1.48. The zero-order valence-corrected chi connectivity index (χ0v) is 17.3. The Morgan fingerprint density at radius 2 is 1.97 bits per heavy atom. The molecule has 0 unspecified atom stereocenters. The molecular formula is C21H24F3N3OS. The fourth-order valence-electron chi connectivity index (χ4n) is 2.72. The third-order valence-electron chi connectivity index (χ3n) is 4.20. The van der Waals surface area contributed by atoms with E-state index >= 15 is 0 Å². The van der Waals surface area contributed by atoms with Gasteiger partial charge in [0.05, 0.1) is 17.9 Å². The highest BCUT2D eigenvalue weighted by molar-refractivity contribution is 7.83. The Morgan fingerprint density at radius 1 is 1.28 bits per heavy atom. The van der Waals surface area contributed by atoms with E-state index in [4.69, 9.17) is 0 Å². The molecule has 0 aliphatic carbocycles. The fourth-order valence-corrected chi connectivity index (χ4v) is 2.87. The van der Waals surface area contributed by atoms with Crippen LogP contribution in [0.3, 0.4) is 0 Å². The molecule has 0 atom stereocenters. The summed E-state index contributed by atoms with van der Waals surface area (Å²) in [5.41, 5.74) is 2.44. The number of aromatic nitrogens is 2. The highest BCUT2D eigenvalue weighted by Gasteiger charge is 2.26. The highest BCUT2D eigenvalue weighted by atomic mass is 32.1. The molecule has 0 aliphatic rings. The molecule has 2 aromatic rings. The van der Waals surface area contributed by atoms with Gasteiger partial charge in [-0.3, -0.25) is 14.4 Å². The lowest BCUT2D eigenvalue weighted by molar-refractivity contribution is -0.135. The zero-order valence-electron chi connectivity index (χ0n) is 16.4. The summed E-state index contributed by atoms with van der Waals surface area (Å²) < 4.78 is 39.2. The van der Waals surface area contributed by atoms with Gasteiger partial charge in [-0.05, 0) is 25.2 Å². The maximum Gasteiger partial charge on any atom is 0.389 e. The van der Waals surface area contributed by atoms with Crippen LogP contribution in [0, 0.1) is 6.92 Å². The summed E-state index contributed by atoms with van der Waals surface area (Å²) in [4.78, 5) is 21.5. The van der Waals surface area contributed by atoms with Crippen LogP contribution in [-0.4, -0.2) is 21.9 Å². The molecule has 0 bridgehead atoms. The van der Waals surface area contributed by atoms with Crippen molar-refractivity contribution in [3.05, 3.63) is 63.2 Å². The van der Waals surface area contributed by atoms with Crippen molar-refractivity contribution < 1.29 is 13.2 Å². The summed E-state index contributed by atoms with van der Waals surface area (Å²) in [6.07, 6.45) is -2.90. The van der Waals surface area contributed by atoms with Gasteiger partial charge in [0.1, 0.15) is 5.82 Å². The summed E-state index contributed by atoms with van der Waals surface area (Å²) >= 11 is 4.12. The molecule has 4 nitrogen and oxygen atoms in total. The lowest BCUT2D eigenvalue weighted by atomic mass is 10.1. The fraction of sp³-hybridized carbons (Fsp3) is 0.381. The topological polar surface area (TPSA) is 47.2 Å². The Kier molecular flexibility index (Phi) is 8.25. The van der Waals surface area contributed by atoms with Crippen LogP contribution in [0.1, 0.15) is 37.6 Å². The first-order chi connectivity index (χ1) is 13.7. The van der Waals surface area contributed by atoms with E-state index in [1.165, 1.54) is 16.0 Å². The molecule has 0 amide bonds. The van der Waals surface area contributed by atoms with Gasteiger partial charge >= 0.3 is 6.18 Å². The van der Waals surface area contributed by atoms with Crippen LogP contribution in [0.2, 0.25) is 0 Å². The minimum absolute atomic E-state index is 0.0335. The van der Waals surface area contributed by atoms with Gasteiger partial charge < -0.3 is 0 Å². The Labute approximate surface area is 173 Å². The lowest BCUT2D eigenvalue weighted by Crippen LogP contribution is -2.26. The molecule has 8 heteroatoms. The van der Waals surface area contributed by atoms with Crippen LogP contribution < -0.4 is 5.56 Å². The number of allylic oxidation sites excluding steroid dienone is 1. The van der Waals surface area contributed by atoms with Crippen molar-refractivity contribution in [3.63, 3.8) is 0 Å². The number of benzene rings is 1. The molecule has 1 aromatic heterocycles. The predicted molar refractivity (Wildman–Crippen MR) is 114 cm³/mol. The molecule has 0 fully saturated rings. The monoisotopic (exact) mass is 423 g/mol. The SMILES string of the molecule is CCC=N/C(=C\S)Cn1c(CCCC(F)(F)F)nc(-c2ccc(C)cc2)cc1=O. The number of nitrogens with zero attached hydrogens (tertiary/aromatic N) is 3. The van der Waals surface area contributed by atoms with Crippen LogP contribution in [0.4, 0.5) is 13.2 Å². The number of aliphatic imine (C=N–C) groups is 1. The summed E-state index contributed by atoms with van der Waals surface area (Å²) in [6, 6.07) is 8.87.